The summed E-state index contributed by atoms with van der Waals surface area (Å²) >= 11 is 12.9. The van der Waals surface area contributed by atoms with Gasteiger partial charge in [0.2, 0.25) is 5.91 Å². The summed E-state index contributed by atoms with van der Waals surface area (Å²) in [6, 6.07) is 16.9. The van der Waals surface area contributed by atoms with Crippen LogP contribution < -0.4 is 10.2 Å². The van der Waals surface area contributed by atoms with Gasteiger partial charge in [0, 0.05) is 5.02 Å². The Kier molecular flexibility index (Phi) is 8.01. The summed E-state index contributed by atoms with van der Waals surface area (Å²) in [6.07, 6.45) is 1.64. The highest BCUT2D eigenvalue weighted by molar-refractivity contribution is 9.11. The van der Waals surface area contributed by atoms with Crippen molar-refractivity contribution >= 4 is 55.6 Å². The van der Waals surface area contributed by atoms with E-state index in [9.17, 15) is 9.18 Å². The van der Waals surface area contributed by atoms with Crippen molar-refractivity contribution in [2.45, 2.75) is 13.0 Å². The average Bonchev–Trinajstić information content (AvgIpc) is 2.70. The zero-order chi connectivity index (χ0) is 21.5. The highest BCUT2D eigenvalue weighted by Gasteiger charge is 2.09. The van der Waals surface area contributed by atoms with Gasteiger partial charge in [0.25, 0.3) is 0 Å². The van der Waals surface area contributed by atoms with Gasteiger partial charge >= 0.3 is 0 Å². The van der Waals surface area contributed by atoms with E-state index < -0.39 is 0 Å². The number of amides is 1. The molecule has 0 aromatic heterocycles. The van der Waals surface area contributed by atoms with Gasteiger partial charge in [-0.1, -0.05) is 35.9 Å². The Morgan fingerprint density at radius 1 is 1.03 bits per heavy atom. The summed E-state index contributed by atoms with van der Waals surface area (Å²) in [6.45, 7) is 0.390. The maximum absolute atomic E-state index is 12.9. The monoisotopic (exact) mass is 552 g/mol. The molecule has 0 saturated heterocycles. The van der Waals surface area contributed by atoms with Crippen molar-refractivity contribution in [3.05, 3.63) is 97.1 Å². The van der Waals surface area contributed by atoms with Crippen LogP contribution in [-0.2, 0) is 17.8 Å². The number of rotatable bonds is 7. The maximum atomic E-state index is 12.9. The molecule has 0 spiro atoms. The molecule has 0 bridgehead atoms. The van der Waals surface area contributed by atoms with Crippen molar-refractivity contribution in [3.8, 4) is 5.75 Å². The third-order valence-corrected chi connectivity index (χ3v) is 5.43. The lowest BCUT2D eigenvalue weighted by molar-refractivity contribution is -0.120. The van der Waals surface area contributed by atoms with Crippen LogP contribution >= 0.6 is 43.5 Å². The first-order chi connectivity index (χ1) is 14.4. The first-order valence-electron chi connectivity index (χ1n) is 8.83. The van der Waals surface area contributed by atoms with E-state index in [-0.39, 0.29) is 18.1 Å². The second-order valence-corrected chi connectivity index (χ2v) is 8.47. The minimum absolute atomic E-state index is 0.114. The fraction of sp³-hybridized carbons (Fsp3) is 0.0909. The van der Waals surface area contributed by atoms with Crippen molar-refractivity contribution in [2.24, 2.45) is 5.10 Å². The number of hydrogen-bond donors (Lipinski definition) is 1. The van der Waals surface area contributed by atoms with E-state index in [4.69, 9.17) is 16.3 Å². The van der Waals surface area contributed by atoms with Crippen LogP contribution in [0.4, 0.5) is 4.39 Å². The van der Waals surface area contributed by atoms with E-state index in [1.165, 1.54) is 18.3 Å². The summed E-state index contributed by atoms with van der Waals surface area (Å²) in [5.74, 6) is 0.0234. The largest absolute Gasteiger partial charge is 0.487 e. The minimum atomic E-state index is -0.339. The Hall–Kier alpha value is -2.22. The summed E-state index contributed by atoms with van der Waals surface area (Å²) in [5, 5.41) is 4.65. The van der Waals surface area contributed by atoms with Gasteiger partial charge in [-0.05, 0) is 84.9 Å². The lowest BCUT2D eigenvalue weighted by Gasteiger charge is -2.11. The van der Waals surface area contributed by atoms with Crippen LogP contribution in [0.5, 0.6) is 5.75 Å². The number of nitrogens with zero attached hydrogens (tertiary/aromatic N) is 1. The number of carbonyl (C=O) groups is 1. The third-order valence-electron chi connectivity index (χ3n) is 4.00. The molecule has 1 N–H and O–H groups in total. The molecule has 30 heavy (non-hydrogen) atoms. The van der Waals surface area contributed by atoms with Gasteiger partial charge < -0.3 is 4.74 Å². The summed E-state index contributed by atoms with van der Waals surface area (Å²) in [5.41, 5.74) is 4.92. The fourth-order valence-electron chi connectivity index (χ4n) is 2.53. The van der Waals surface area contributed by atoms with Crippen LogP contribution in [-0.4, -0.2) is 12.1 Å². The molecule has 154 valence electrons. The van der Waals surface area contributed by atoms with Gasteiger partial charge in [-0.25, -0.2) is 9.82 Å². The topological polar surface area (TPSA) is 50.7 Å². The van der Waals surface area contributed by atoms with Crippen LogP contribution in [0.25, 0.3) is 0 Å². The molecule has 0 radical (unpaired) electrons. The molecule has 3 aromatic rings. The van der Waals surface area contributed by atoms with Crippen LogP contribution in [0, 0.1) is 5.82 Å². The smallest absolute Gasteiger partial charge is 0.244 e. The van der Waals surface area contributed by atoms with E-state index in [1.54, 1.807) is 12.1 Å². The lowest BCUT2D eigenvalue weighted by Crippen LogP contribution is -2.19. The molecule has 0 heterocycles. The van der Waals surface area contributed by atoms with Crippen molar-refractivity contribution in [3.63, 3.8) is 0 Å². The molecule has 0 atom stereocenters. The third kappa shape index (κ3) is 6.65. The zero-order valence-corrected chi connectivity index (χ0v) is 19.5. The Labute approximate surface area is 195 Å². The van der Waals surface area contributed by atoms with Crippen LogP contribution in [0.1, 0.15) is 16.7 Å². The highest BCUT2D eigenvalue weighted by Crippen LogP contribution is 2.35. The number of ether oxygens (including phenoxy) is 1. The van der Waals surface area contributed by atoms with Crippen molar-refractivity contribution in [1.82, 2.24) is 5.43 Å². The summed E-state index contributed by atoms with van der Waals surface area (Å²) in [4.78, 5) is 12.0. The van der Waals surface area contributed by atoms with Crippen LogP contribution in [0.15, 0.2) is 74.7 Å². The minimum Gasteiger partial charge on any atom is -0.487 e. The molecule has 0 aliphatic rings. The molecule has 0 saturated carbocycles. The van der Waals surface area contributed by atoms with Gasteiger partial charge in [0.15, 0.2) is 0 Å². The second kappa shape index (κ2) is 10.7. The molecule has 0 unspecified atom stereocenters. The fourth-order valence-corrected chi connectivity index (χ4v) is 4.11. The molecule has 1 amide bonds. The molecule has 3 rings (SSSR count). The average molecular weight is 555 g/mol. The molecule has 0 aliphatic carbocycles. The molecule has 0 aliphatic heterocycles. The first kappa shape index (κ1) is 22.5. The lowest BCUT2D eigenvalue weighted by atomic mass is 10.1. The van der Waals surface area contributed by atoms with Crippen molar-refractivity contribution in [2.75, 3.05) is 0 Å². The molecule has 4 nitrogen and oxygen atoms in total. The van der Waals surface area contributed by atoms with Gasteiger partial charge in [-0.3, -0.25) is 4.79 Å². The number of hydrogen-bond acceptors (Lipinski definition) is 3. The summed E-state index contributed by atoms with van der Waals surface area (Å²) in [7, 11) is 0. The van der Waals surface area contributed by atoms with E-state index in [0.717, 1.165) is 20.1 Å². The predicted molar refractivity (Wildman–Crippen MR) is 123 cm³/mol. The molecule has 3 aromatic carbocycles. The van der Waals surface area contributed by atoms with Crippen molar-refractivity contribution < 1.29 is 13.9 Å². The van der Waals surface area contributed by atoms with Gasteiger partial charge in [0.1, 0.15) is 18.2 Å². The Morgan fingerprint density at radius 2 is 1.63 bits per heavy atom. The van der Waals surface area contributed by atoms with E-state index >= 15 is 0 Å². The van der Waals surface area contributed by atoms with E-state index in [1.807, 2.05) is 36.4 Å². The molecule has 0 fully saturated rings. The molecule has 8 heteroatoms. The number of hydrazone groups is 1. The highest BCUT2D eigenvalue weighted by atomic mass is 79.9. The molecular weight excluding hydrogens is 539 g/mol. The van der Waals surface area contributed by atoms with Gasteiger partial charge in [-0.2, -0.15) is 5.10 Å². The summed E-state index contributed by atoms with van der Waals surface area (Å²) < 4.78 is 20.3. The van der Waals surface area contributed by atoms with Gasteiger partial charge in [0.05, 0.1) is 21.6 Å². The Bertz CT molecular complexity index is 1030. The van der Waals surface area contributed by atoms with Crippen LogP contribution in [0.2, 0.25) is 5.02 Å². The maximum Gasteiger partial charge on any atom is 0.244 e. The van der Waals surface area contributed by atoms with Crippen LogP contribution in [0.3, 0.4) is 0 Å². The Balaban J connectivity index is 1.57. The quantitative estimate of drug-likeness (QED) is 0.276. The first-order valence-corrected chi connectivity index (χ1v) is 10.8. The SMILES string of the molecule is O=C(Cc1ccc(F)cc1)N/N=C/c1cc(Br)c(OCc2ccc(Cl)cc2)c(Br)c1. The van der Waals surface area contributed by atoms with Gasteiger partial charge in [-0.15, -0.1) is 0 Å². The Morgan fingerprint density at radius 3 is 2.27 bits per heavy atom. The number of nitrogens with one attached hydrogen (secondary N) is 1. The van der Waals surface area contributed by atoms with E-state index in [2.05, 4.69) is 42.4 Å². The number of benzene rings is 3. The number of halogens is 4. The zero-order valence-electron chi connectivity index (χ0n) is 15.5. The van der Waals surface area contributed by atoms with Crippen molar-refractivity contribution in [1.29, 1.82) is 0 Å². The predicted octanol–water partition coefficient (Wildman–Crippen LogP) is 6.28. The normalized spacial score (nSPS) is 10.9. The number of carbonyl (C=O) groups excluding carboxylic acids is 1. The standard InChI is InChI=1S/C22H16Br2ClFN2O2/c23-19-9-16(12-27-28-21(29)11-14-3-7-18(26)8-4-14)10-20(24)22(19)30-13-15-1-5-17(25)6-2-15/h1-10,12H,11,13H2,(H,28,29)/b27-12+. The van der Waals surface area contributed by atoms with E-state index in [0.29, 0.717) is 22.9 Å². The molecular formula is C22H16Br2ClFN2O2. The second-order valence-electron chi connectivity index (χ2n) is 6.33.